The van der Waals surface area contributed by atoms with Crippen molar-refractivity contribution in [2.75, 3.05) is 0 Å². The SMILES string of the molecule is OC(CC1(F)C(F)(F)C(F)(F)C(F)(F)C(F)(F)C1(F)F)c1ccccc1. The van der Waals surface area contributed by atoms with Crippen LogP contribution in [-0.2, 0) is 0 Å². The summed E-state index contributed by atoms with van der Waals surface area (Å²) in [5.74, 6) is -35.4. The van der Waals surface area contributed by atoms with Crippen LogP contribution in [0, 0.1) is 0 Å². The molecule has 0 saturated heterocycles. The van der Waals surface area contributed by atoms with Gasteiger partial charge in [-0.3, -0.25) is 0 Å². The van der Waals surface area contributed by atoms with Gasteiger partial charge in [-0.25, -0.2) is 4.39 Å². The zero-order valence-electron chi connectivity index (χ0n) is 12.3. The fourth-order valence-electron chi connectivity index (χ4n) is 2.60. The summed E-state index contributed by atoms with van der Waals surface area (Å²) >= 11 is 0. The van der Waals surface area contributed by atoms with E-state index in [1.54, 1.807) is 0 Å². The van der Waals surface area contributed by atoms with Crippen LogP contribution in [0.3, 0.4) is 0 Å². The van der Waals surface area contributed by atoms with E-state index in [0.717, 1.165) is 24.3 Å². The molecule has 0 heterocycles. The zero-order valence-corrected chi connectivity index (χ0v) is 12.3. The van der Waals surface area contributed by atoms with E-state index in [1.165, 1.54) is 6.07 Å². The van der Waals surface area contributed by atoms with E-state index in [1.807, 2.05) is 0 Å². The minimum atomic E-state index is -7.25. The molecule has 2 rings (SSSR count). The Kier molecular flexibility index (Phi) is 4.35. The molecule has 1 atom stereocenters. The number of alkyl halides is 11. The average Bonchev–Trinajstić information content (AvgIpc) is 2.53. The lowest BCUT2D eigenvalue weighted by Crippen LogP contribution is -2.83. The summed E-state index contributed by atoms with van der Waals surface area (Å²) in [5, 5.41) is 9.59. The zero-order chi connectivity index (χ0) is 20.4. The minimum Gasteiger partial charge on any atom is -0.388 e. The van der Waals surface area contributed by atoms with E-state index >= 15 is 0 Å². The highest BCUT2D eigenvalue weighted by Crippen LogP contribution is 2.70. The maximum Gasteiger partial charge on any atom is 0.384 e. The molecule has 12 heteroatoms. The molecule has 26 heavy (non-hydrogen) atoms. The molecule has 1 nitrogen and oxygen atoms in total. The van der Waals surface area contributed by atoms with Gasteiger partial charge in [-0.15, -0.1) is 0 Å². The summed E-state index contributed by atoms with van der Waals surface area (Å²) in [6, 6.07) is 5.25. The van der Waals surface area contributed by atoms with Crippen molar-refractivity contribution < 1.29 is 53.4 Å². The third-order valence-electron chi connectivity index (χ3n) is 4.23. The second-order valence-electron chi connectivity index (χ2n) is 5.80. The largest absolute Gasteiger partial charge is 0.388 e. The van der Waals surface area contributed by atoms with Gasteiger partial charge in [0, 0.05) is 6.42 Å². The number of benzene rings is 1. The molecule has 1 N–H and O–H groups in total. The fourth-order valence-corrected chi connectivity index (χ4v) is 2.60. The summed E-state index contributed by atoms with van der Waals surface area (Å²) in [7, 11) is 0. The quantitative estimate of drug-likeness (QED) is 0.705. The summed E-state index contributed by atoms with van der Waals surface area (Å²) in [4.78, 5) is 0. The van der Waals surface area contributed by atoms with Crippen LogP contribution < -0.4 is 0 Å². The molecule has 1 aromatic carbocycles. The average molecular weight is 402 g/mol. The van der Waals surface area contributed by atoms with Crippen LogP contribution >= 0.6 is 0 Å². The van der Waals surface area contributed by atoms with Gasteiger partial charge in [-0.2, -0.15) is 43.9 Å². The number of hydrogen-bond donors (Lipinski definition) is 1. The Morgan fingerprint density at radius 1 is 0.615 bits per heavy atom. The number of aliphatic hydroxyl groups is 1. The molecule has 0 radical (unpaired) electrons. The van der Waals surface area contributed by atoms with Crippen molar-refractivity contribution in [1.29, 1.82) is 0 Å². The Hall–Kier alpha value is -1.59. The number of halogens is 11. The van der Waals surface area contributed by atoms with Crippen LogP contribution in [0.4, 0.5) is 48.3 Å². The van der Waals surface area contributed by atoms with Crippen LogP contribution in [0.25, 0.3) is 0 Å². The lowest BCUT2D eigenvalue weighted by atomic mass is 9.69. The smallest absolute Gasteiger partial charge is 0.384 e. The van der Waals surface area contributed by atoms with Crippen molar-refractivity contribution in [3.05, 3.63) is 35.9 Å². The van der Waals surface area contributed by atoms with Gasteiger partial charge in [-0.1, -0.05) is 30.3 Å². The van der Waals surface area contributed by atoms with Gasteiger partial charge in [0.2, 0.25) is 0 Å². The molecule has 1 aliphatic carbocycles. The van der Waals surface area contributed by atoms with E-state index in [0.29, 0.717) is 0 Å². The summed E-state index contributed by atoms with van der Waals surface area (Å²) < 4.78 is 149. The molecule has 0 amide bonds. The van der Waals surface area contributed by atoms with Crippen LogP contribution in [0.1, 0.15) is 18.1 Å². The third-order valence-corrected chi connectivity index (χ3v) is 4.23. The Morgan fingerprint density at radius 2 is 0.962 bits per heavy atom. The Labute approximate surface area is 138 Å². The molecular formula is C14H9F11O. The molecule has 148 valence electrons. The van der Waals surface area contributed by atoms with Crippen LogP contribution in [-0.4, -0.2) is 40.4 Å². The van der Waals surface area contributed by atoms with Gasteiger partial charge < -0.3 is 5.11 Å². The standard InChI is InChI=1S/C14H9F11O/c15-9(6-8(26)7-4-2-1-3-5-7)10(16,17)12(20,21)14(24,25)13(22,23)11(9,18)19/h1-5,8,26H,6H2. The van der Waals surface area contributed by atoms with E-state index < -0.39 is 53.4 Å². The second-order valence-corrected chi connectivity index (χ2v) is 5.80. The molecular weight excluding hydrogens is 393 g/mol. The second kappa shape index (κ2) is 5.46. The first-order valence-corrected chi connectivity index (χ1v) is 6.80. The topological polar surface area (TPSA) is 20.2 Å². The highest BCUT2D eigenvalue weighted by molar-refractivity contribution is 5.28. The highest BCUT2D eigenvalue weighted by Gasteiger charge is 3.00. The molecule has 1 aliphatic rings. The fraction of sp³-hybridized carbons (Fsp3) is 0.571. The van der Waals surface area contributed by atoms with Crippen molar-refractivity contribution >= 4 is 0 Å². The lowest BCUT2D eigenvalue weighted by Gasteiger charge is -2.52. The van der Waals surface area contributed by atoms with E-state index in [9.17, 15) is 53.4 Å². The van der Waals surface area contributed by atoms with Crippen molar-refractivity contribution in [2.24, 2.45) is 0 Å². The van der Waals surface area contributed by atoms with E-state index in [-0.39, 0.29) is 0 Å². The predicted octanol–water partition coefficient (Wildman–Crippen LogP) is 5.01. The number of aliphatic hydroxyl groups excluding tert-OH is 1. The predicted molar refractivity (Wildman–Crippen MR) is 64.6 cm³/mol. The van der Waals surface area contributed by atoms with Crippen LogP contribution in [0.5, 0.6) is 0 Å². The summed E-state index contributed by atoms with van der Waals surface area (Å²) in [5.41, 5.74) is -6.73. The molecule has 0 bridgehead atoms. The molecule has 0 aromatic heterocycles. The van der Waals surface area contributed by atoms with Crippen LogP contribution in [0.2, 0.25) is 0 Å². The number of rotatable bonds is 3. The lowest BCUT2D eigenvalue weighted by molar-refractivity contribution is -0.487. The maximum atomic E-state index is 14.4. The van der Waals surface area contributed by atoms with E-state index in [4.69, 9.17) is 0 Å². The molecule has 0 aliphatic heterocycles. The van der Waals surface area contributed by atoms with Gasteiger partial charge in [0.25, 0.3) is 5.67 Å². The van der Waals surface area contributed by atoms with Gasteiger partial charge in [0.05, 0.1) is 6.10 Å². The molecule has 0 spiro atoms. The summed E-state index contributed by atoms with van der Waals surface area (Å²) in [6.07, 6.45) is -5.37. The Bertz CT molecular complexity index is 641. The van der Waals surface area contributed by atoms with Crippen molar-refractivity contribution in [2.45, 2.75) is 47.8 Å². The summed E-state index contributed by atoms with van der Waals surface area (Å²) in [6.45, 7) is 0. The maximum absolute atomic E-state index is 14.4. The molecule has 1 saturated carbocycles. The van der Waals surface area contributed by atoms with Crippen LogP contribution in [0.15, 0.2) is 30.3 Å². The Balaban J connectivity index is 2.64. The highest BCUT2D eigenvalue weighted by atomic mass is 19.4. The van der Waals surface area contributed by atoms with Gasteiger partial charge in [0.15, 0.2) is 0 Å². The first kappa shape index (κ1) is 20.7. The van der Waals surface area contributed by atoms with E-state index in [2.05, 4.69) is 0 Å². The first-order valence-electron chi connectivity index (χ1n) is 6.80. The van der Waals surface area contributed by atoms with Gasteiger partial charge in [0.1, 0.15) is 0 Å². The van der Waals surface area contributed by atoms with Crippen molar-refractivity contribution in [1.82, 2.24) is 0 Å². The number of hydrogen-bond acceptors (Lipinski definition) is 1. The Morgan fingerprint density at radius 3 is 1.35 bits per heavy atom. The van der Waals surface area contributed by atoms with Gasteiger partial charge >= 0.3 is 29.6 Å². The monoisotopic (exact) mass is 402 g/mol. The third kappa shape index (κ3) is 2.13. The first-order chi connectivity index (χ1) is 11.5. The molecule has 1 fully saturated rings. The van der Waals surface area contributed by atoms with Crippen molar-refractivity contribution in [3.63, 3.8) is 0 Å². The normalized spacial score (nSPS) is 28.3. The molecule has 1 aromatic rings. The van der Waals surface area contributed by atoms with Gasteiger partial charge in [-0.05, 0) is 5.56 Å². The minimum absolute atomic E-state index is 0.555. The van der Waals surface area contributed by atoms with Crippen molar-refractivity contribution in [3.8, 4) is 0 Å². The molecule has 1 unspecified atom stereocenters.